The normalized spacial score (nSPS) is 17.0. The maximum atomic E-state index is 5.79. The van der Waals surface area contributed by atoms with Crippen LogP contribution in [0.25, 0.3) is 0 Å². The summed E-state index contributed by atoms with van der Waals surface area (Å²) in [6.45, 7) is 9.93. The summed E-state index contributed by atoms with van der Waals surface area (Å²) in [5.41, 5.74) is 0. The van der Waals surface area contributed by atoms with Crippen molar-refractivity contribution in [3.63, 3.8) is 0 Å². The molecule has 0 saturated carbocycles. The first-order valence-corrected chi connectivity index (χ1v) is 9.90. The van der Waals surface area contributed by atoms with Gasteiger partial charge >= 0.3 is 0 Å². The van der Waals surface area contributed by atoms with Gasteiger partial charge in [-0.05, 0) is 37.5 Å². The van der Waals surface area contributed by atoms with E-state index >= 15 is 0 Å². The first-order valence-electron chi connectivity index (χ1n) is 9.90. The number of ether oxygens (including phenoxy) is 2. The Morgan fingerprint density at radius 1 is 1.20 bits per heavy atom. The molecule has 0 amide bonds. The molecule has 1 saturated heterocycles. The number of guanidine groups is 1. The number of unbranched alkanes of at least 4 members (excludes halogenated alkanes) is 1. The number of aliphatic imine (C=N–C) groups is 1. The highest BCUT2D eigenvalue weighted by atomic mass is 127. The fourth-order valence-corrected chi connectivity index (χ4v) is 2.95. The molecule has 1 fully saturated rings. The average molecular weight is 469 g/mol. The molecular formula is C19H40IN3O2. The van der Waals surface area contributed by atoms with E-state index in [4.69, 9.17) is 9.47 Å². The summed E-state index contributed by atoms with van der Waals surface area (Å²) >= 11 is 0. The van der Waals surface area contributed by atoms with E-state index in [-0.39, 0.29) is 24.0 Å². The molecule has 5 nitrogen and oxygen atoms in total. The summed E-state index contributed by atoms with van der Waals surface area (Å²) in [6, 6.07) is 0. The number of hydrogen-bond acceptors (Lipinski definition) is 3. The molecule has 0 aromatic rings. The van der Waals surface area contributed by atoms with Crippen LogP contribution in [-0.2, 0) is 9.47 Å². The summed E-state index contributed by atoms with van der Waals surface area (Å²) in [6.07, 6.45) is 8.42. The van der Waals surface area contributed by atoms with Crippen molar-refractivity contribution >= 4 is 29.9 Å². The molecule has 0 bridgehead atoms. The minimum atomic E-state index is 0. The van der Waals surface area contributed by atoms with Crippen LogP contribution in [0.15, 0.2) is 4.99 Å². The van der Waals surface area contributed by atoms with Crippen LogP contribution in [0.5, 0.6) is 0 Å². The molecule has 1 rings (SSSR count). The van der Waals surface area contributed by atoms with Gasteiger partial charge in [-0.1, -0.05) is 33.1 Å². The third-order valence-electron chi connectivity index (χ3n) is 4.78. The lowest BCUT2D eigenvalue weighted by atomic mass is 9.99. The largest absolute Gasteiger partial charge is 0.381 e. The molecule has 1 aliphatic rings. The van der Waals surface area contributed by atoms with Crippen LogP contribution in [0.2, 0.25) is 0 Å². The third kappa shape index (κ3) is 12.8. The lowest BCUT2D eigenvalue weighted by molar-refractivity contribution is 0.0203. The number of nitrogens with one attached hydrogen (secondary N) is 2. The van der Waals surface area contributed by atoms with Crippen LogP contribution in [0, 0.1) is 11.8 Å². The molecule has 2 N–H and O–H groups in total. The Morgan fingerprint density at radius 2 is 1.96 bits per heavy atom. The lowest BCUT2D eigenvalue weighted by Gasteiger charge is -2.21. The lowest BCUT2D eigenvalue weighted by Crippen LogP contribution is -2.40. The molecule has 1 atom stereocenters. The van der Waals surface area contributed by atoms with Crippen LogP contribution >= 0.6 is 24.0 Å². The van der Waals surface area contributed by atoms with Crippen LogP contribution in [0.1, 0.15) is 58.8 Å². The molecule has 0 aromatic carbocycles. The van der Waals surface area contributed by atoms with Crippen molar-refractivity contribution in [2.24, 2.45) is 16.8 Å². The average Bonchev–Trinajstić information content (AvgIpc) is 2.63. The summed E-state index contributed by atoms with van der Waals surface area (Å²) in [4.78, 5) is 4.31. The monoisotopic (exact) mass is 469 g/mol. The number of hydrogen-bond donors (Lipinski definition) is 2. The zero-order valence-electron chi connectivity index (χ0n) is 16.5. The van der Waals surface area contributed by atoms with E-state index in [1.165, 1.54) is 25.7 Å². The van der Waals surface area contributed by atoms with E-state index in [1.54, 1.807) is 0 Å². The van der Waals surface area contributed by atoms with Gasteiger partial charge in [0.05, 0.1) is 0 Å². The summed E-state index contributed by atoms with van der Waals surface area (Å²) in [5, 5.41) is 6.84. The fraction of sp³-hybridized carbons (Fsp3) is 0.947. The SMILES string of the molecule is CCCCC(CC)CNC(=NC)NCCCOCC1CCOCC1.I. The van der Waals surface area contributed by atoms with E-state index in [0.717, 1.165) is 70.7 Å². The second-order valence-electron chi connectivity index (χ2n) is 6.78. The summed E-state index contributed by atoms with van der Waals surface area (Å²) < 4.78 is 11.2. The molecule has 25 heavy (non-hydrogen) atoms. The zero-order valence-corrected chi connectivity index (χ0v) is 18.8. The van der Waals surface area contributed by atoms with E-state index in [2.05, 4.69) is 29.5 Å². The van der Waals surface area contributed by atoms with Crippen molar-refractivity contribution in [3.8, 4) is 0 Å². The van der Waals surface area contributed by atoms with Crippen molar-refractivity contribution < 1.29 is 9.47 Å². The van der Waals surface area contributed by atoms with E-state index in [1.807, 2.05) is 7.05 Å². The van der Waals surface area contributed by atoms with Gasteiger partial charge in [-0.2, -0.15) is 0 Å². The van der Waals surface area contributed by atoms with E-state index < -0.39 is 0 Å². The van der Waals surface area contributed by atoms with Gasteiger partial charge < -0.3 is 20.1 Å². The molecule has 0 aromatic heterocycles. The quantitative estimate of drug-likeness (QED) is 0.198. The van der Waals surface area contributed by atoms with Gasteiger partial charge in [-0.3, -0.25) is 4.99 Å². The Labute approximate surface area is 172 Å². The highest BCUT2D eigenvalue weighted by Gasteiger charge is 2.13. The van der Waals surface area contributed by atoms with Gasteiger partial charge in [0.25, 0.3) is 0 Å². The van der Waals surface area contributed by atoms with Crippen LogP contribution < -0.4 is 10.6 Å². The summed E-state index contributed by atoms with van der Waals surface area (Å²) in [5.74, 6) is 2.34. The number of nitrogens with zero attached hydrogens (tertiary/aromatic N) is 1. The maximum absolute atomic E-state index is 5.79. The van der Waals surface area contributed by atoms with Gasteiger partial charge in [-0.25, -0.2) is 0 Å². The van der Waals surface area contributed by atoms with E-state index in [0.29, 0.717) is 5.92 Å². The van der Waals surface area contributed by atoms with Crippen LogP contribution in [-0.4, -0.2) is 52.5 Å². The van der Waals surface area contributed by atoms with Crippen LogP contribution in [0.4, 0.5) is 0 Å². The molecule has 6 heteroatoms. The highest BCUT2D eigenvalue weighted by molar-refractivity contribution is 14.0. The Hall–Kier alpha value is -0.0800. The topological polar surface area (TPSA) is 54.9 Å². The van der Waals surface area contributed by atoms with E-state index in [9.17, 15) is 0 Å². The molecule has 1 unspecified atom stereocenters. The number of halogens is 1. The second-order valence-corrected chi connectivity index (χ2v) is 6.78. The van der Waals surface area contributed by atoms with Crippen molar-refractivity contribution in [2.75, 3.05) is 46.6 Å². The van der Waals surface area contributed by atoms with Gasteiger partial charge in [0.1, 0.15) is 0 Å². The third-order valence-corrected chi connectivity index (χ3v) is 4.78. The molecule has 0 radical (unpaired) electrons. The minimum Gasteiger partial charge on any atom is -0.381 e. The highest BCUT2D eigenvalue weighted by Crippen LogP contribution is 2.14. The van der Waals surface area contributed by atoms with Crippen molar-refractivity contribution in [1.29, 1.82) is 0 Å². The minimum absolute atomic E-state index is 0. The van der Waals surface area contributed by atoms with Crippen molar-refractivity contribution in [2.45, 2.75) is 58.8 Å². The molecule has 1 aliphatic heterocycles. The van der Waals surface area contributed by atoms with Gasteiger partial charge in [-0.15, -0.1) is 24.0 Å². The van der Waals surface area contributed by atoms with Gasteiger partial charge in [0.2, 0.25) is 0 Å². The fourth-order valence-electron chi connectivity index (χ4n) is 2.95. The Kier molecular flexibility index (Phi) is 17.3. The first kappa shape index (κ1) is 24.9. The standard InChI is InChI=1S/C19H39N3O2.HI/c1-4-6-8-17(5-2)15-22-19(20-3)21-11-7-12-24-16-18-9-13-23-14-10-18;/h17-18H,4-16H2,1-3H3,(H2,20,21,22);1H. The van der Waals surface area contributed by atoms with Gasteiger partial charge in [0, 0.05) is 46.6 Å². The number of rotatable bonds is 12. The Morgan fingerprint density at radius 3 is 2.60 bits per heavy atom. The molecule has 0 spiro atoms. The maximum Gasteiger partial charge on any atom is 0.190 e. The van der Waals surface area contributed by atoms with Crippen molar-refractivity contribution in [3.05, 3.63) is 0 Å². The molecule has 150 valence electrons. The van der Waals surface area contributed by atoms with Gasteiger partial charge in [0.15, 0.2) is 5.96 Å². The van der Waals surface area contributed by atoms with Crippen molar-refractivity contribution in [1.82, 2.24) is 10.6 Å². The molecular weight excluding hydrogens is 429 g/mol. The first-order chi connectivity index (χ1) is 11.8. The Balaban J connectivity index is 0.00000576. The molecule has 1 heterocycles. The zero-order chi connectivity index (χ0) is 17.5. The summed E-state index contributed by atoms with van der Waals surface area (Å²) in [7, 11) is 1.84. The van der Waals surface area contributed by atoms with Crippen LogP contribution in [0.3, 0.4) is 0 Å². The Bertz CT molecular complexity index is 324. The second kappa shape index (κ2) is 17.3. The predicted molar refractivity (Wildman–Crippen MR) is 117 cm³/mol. The smallest absolute Gasteiger partial charge is 0.190 e. The molecule has 0 aliphatic carbocycles. The predicted octanol–water partition coefficient (Wildman–Crippen LogP) is 3.82.